The van der Waals surface area contributed by atoms with Crippen molar-refractivity contribution >= 4 is 11.7 Å². The summed E-state index contributed by atoms with van der Waals surface area (Å²) in [5.41, 5.74) is 5.79. The molecular formula is C22H23NO2. The smallest absolute Gasteiger partial charge is 0.335 e. The molecule has 3 heteroatoms. The number of benzene rings is 2. The predicted octanol–water partition coefficient (Wildman–Crippen LogP) is 5.41. The van der Waals surface area contributed by atoms with E-state index in [-0.39, 0.29) is 0 Å². The van der Waals surface area contributed by atoms with Crippen molar-refractivity contribution in [1.82, 2.24) is 0 Å². The fourth-order valence-corrected chi connectivity index (χ4v) is 4.25. The van der Waals surface area contributed by atoms with Gasteiger partial charge in [-0.2, -0.15) is 0 Å². The fraction of sp³-hybridized carbons (Fsp3) is 0.318. The van der Waals surface area contributed by atoms with E-state index in [9.17, 15) is 4.79 Å². The molecule has 1 N–H and O–H groups in total. The van der Waals surface area contributed by atoms with Gasteiger partial charge in [0.15, 0.2) is 0 Å². The summed E-state index contributed by atoms with van der Waals surface area (Å²) in [7, 11) is 0. The minimum absolute atomic E-state index is 0.312. The number of hydrogen-bond donors (Lipinski definition) is 1. The molecule has 0 bridgehead atoms. The largest absolute Gasteiger partial charge is 0.478 e. The summed E-state index contributed by atoms with van der Waals surface area (Å²) in [5.74, 6) is -0.122. The molecule has 0 saturated carbocycles. The average Bonchev–Trinajstić information content (AvgIpc) is 3.01. The zero-order chi connectivity index (χ0) is 17.4. The lowest BCUT2D eigenvalue weighted by atomic mass is 9.87. The van der Waals surface area contributed by atoms with Crippen LogP contribution < -0.4 is 4.90 Å². The average molecular weight is 333 g/mol. The highest BCUT2D eigenvalue weighted by Crippen LogP contribution is 2.48. The predicted molar refractivity (Wildman–Crippen MR) is 99.7 cm³/mol. The molecule has 0 aromatic heterocycles. The van der Waals surface area contributed by atoms with Crippen LogP contribution in [0.15, 0.2) is 65.9 Å². The Labute approximate surface area is 148 Å². The van der Waals surface area contributed by atoms with Gasteiger partial charge in [-0.15, -0.1) is 0 Å². The fourth-order valence-electron chi connectivity index (χ4n) is 4.25. The van der Waals surface area contributed by atoms with Gasteiger partial charge < -0.3 is 10.0 Å². The third-order valence-electron chi connectivity index (χ3n) is 5.50. The first-order valence-corrected chi connectivity index (χ1v) is 9.02. The number of carboxylic acids is 1. The topological polar surface area (TPSA) is 40.5 Å². The van der Waals surface area contributed by atoms with Crippen LogP contribution in [0.5, 0.6) is 0 Å². The molecule has 2 atom stereocenters. The van der Waals surface area contributed by atoms with E-state index in [1.807, 2.05) is 12.1 Å². The van der Waals surface area contributed by atoms with Gasteiger partial charge in [-0.3, -0.25) is 0 Å². The highest BCUT2D eigenvalue weighted by molar-refractivity contribution is 5.88. The van der Waals surface area contributed by atoms with Crippen molar-refractivity contribution in [3.05, 3.63) is 77.0 Å². The number of carbonyl (C=O) groups is 1. The molecule has 25 heavy (non-hydrogen) atoms. The molecule has 2 aliphatic rings. The Morgan fingerprint density at radius 1 is 1.04 bits per heavy atom. The first-order chi connectivity index (χ1) is 12.1. The molecular weight excluding hydrogens is 310 g/mol. The van der Waals surface area contributed by atoms with Gasteiger partial charge in [0.1, 0.15) is 0 Å². The summed E-state index contributed by atoms with van der Waals surface area (Å²) >= 11 is 0. The summed E-state index contributed by atoms with van der Waals surface area (Å²) in [4.78, 5) is 13.6. The Morgan fingerprint density at radius 2 is 1.76 bits per heavy atom. The van der Waals surface area contributed by atoms with Crippen molar-refractivity contribution in [2.75, 3.05) is 4.90 Å². The molecule has 4 rings (SSSR count). The first kappa shape index (κ1) is 15.9. The van der Waals surface area contributed by atoms with Crippen molar-refractivity contribution in [2.45, 2.75) is 38.6 Å². The van der Waals surface area contributed by atoms with Crippen LogP contribution in [0, 0.1) is 5.92 Å². The molecule has 1 aliphatic heterocycles. The van der Waals surface area contributed by atoms with Crippen LogP contribution in [-0.4, -0.2) is 11.1 Å². The Kier molecular flexibility index (Phi) is 4.08. The van der Waals surface area contributed by atoms with Crippen LogP contribution in [0.3, 0.4) is 0 Å². The van der Waals surface area contributed by atoms with E-state index in [1.54, 1.807) is 17.7 Å². The van der Waals surface area contributed by atoms with Gasteiger partial charge in [-0.05, 0) is 67.0 Å². The number of hydrogen-bond acceptors (Lipinski definition) is 2. The monoisotopic (exact) mass is 333 g/mol. The molecule has 2 aromatic carbocycles. The summed E-state index contributed by atoms with van der Waals surface area (Å²) in [6, 6.07) is 18.3. The van der Waals surface area contributed by atoms with Crippen molar-refractivity contribution in [2.24, 2.45) is 5.92 Å². The normalized spacial score (nSPS) is 22.8. The van der Waals surface area contributed by atoms with Gasteiger partial charge in [0.25, 0.3) is 0 Å². The summed E-state index contributed by atoms with van der Waals surface area (Å²) in [6.07, 6.45) is 4.59. The lowest BCUT2D eigenvalue weighted by molar-refractivity contribution is 0.0697. The molecule has 1 aliphatic carbocycles. The highest BCUT2D eigenvalue weighted by Gasteiger charge is 2.36. The number of rotatable bonds is 3. The van der Waals surface area contributed by atoms with Crippen molar-refractivity contribution in [3.8, 4) is 0 Å². The van der Waals surface area contributed by atoms with Crippen molar-refractivity contribution < 1.29 is 9.90 Å². The third kappa shape index (κ3) is 2.95. The SMILES string of the molecule is CC1CCC2=C(C1)CC(c1ccccc1)N2c1ccc(C(=O)O)cc1. The number of carboxylic acid groups (broad SMARTS) is 1. The van der Waals surface area contributed by atoms with Crippen LogP contribution in [-0.2, 0) is 0 Å². The minimum atomic E-state index is -0.876. The lowest BCUT2D eigenvalue weighted by Gasteiger charge is -2.32. The van der Waals surface area contributed by atoms with Gasteiger partial charge in [0.2, 0.25) is 0 Å². The zero-order valence-electron chi connectivity index (χ0n) is 14.5. The van der Waals surface area contributed by atoms with Gasteiger partial charge in [-0.1, -0.05) is 37.3 Å². The Morgan fingerprint density at radius 3 is 2.44 bits per heavy atom. The Bertz CT molecular complexity index is 808. The Hall–Kier alpha value is -2.55. The lowest BCUT2D eigenvalue weighted by Crippen LogP contribution is -2.24. The molecule has 0 amide bonds. The van der Waals surface area contributed by atoms with Gasteiger partial charge in [-0.25, -0.2) is 4.79 Å². The maximum Gasteiger partial charge on any atom is 0.335 e. The van der Waals surface area contributed by atoms with E-state index in [4.69, 9.17) is 5.11 Å². The molecule has 0 fully saturated rings. The van der Waals surface area contributed by atoms with E-state index >= 15 is 0 Å². The third-order valence-corrected chi connectivity index (χ3v) is 5.50. The van der Waals surface area contributed by atoms with Crippen molar-refractivity contribution in [1.29, 1.82) is 0 Å². The van der Waals surface area contributed by atoms with E-state index < -0.39 is 5.97 Å². The molecule has 1 heterocycles. The van der Waals surface area contributed by atoms with E-state index in [2.05, 4.69) is 42.2 Å². The van der Waals surface area contributed by atoms with Gasteiger partial charge in [0, 0.05) is 11.4 Å². The molecule has 128 valence electrons. The second-order valence-corrected chi connectivity index (χ2v) is 7.25. The molecule has 0 radical (unpaired) electrons. The number of anilines is 1. The Balaban J connectivity index is 1.74. The molecule has 0 saturated heterocycles. The van der Waals surface area contributed by atoms with E-state index in [0.29, 0.717) is 11.6 Å². The second kappa shape index (κ2) is 6.40. The molecule has 3 nitrogen and oxygen atoms in total. The van der Waals surface area contributed by atoms with Crippen LogP contribution >= 0.6 is 0 Å². The van der Waals surface area contributed by atoms with E-state index in [0.717, 1.165) is 24.4 Å². The van der Waals surface area contributed by atoms with Crippen LogP contribution in [0.2, 0.25) is 0 Å². The van der Waals surface area contributed by atoms with Gasteiger partial charge >= 0.3 is 5.97 Å². The number of aromatic carboxylic acids is 1. The van der Waals surface area contributed by atoms with E-state index in [1.165, 1.54) is 24.1 Å². The maximum absolute atomic E-state index is 11.2. The van der Waals surface area contributed by atoms with Crippen LogP contribution in [0.4, 0.5) is 5.69 Å². The standard InChI is InChI=1S/C22H23NO2/c1-15-7-12-20-18(13-15)14-21(16-5-3-2-4-6-16)23(20)19-10-8-17(9-11-19)22(24)25/h2-6,8-11,15,21H,7,12-14H2,1H3,(H,24,25). The summed E-state index contributed by atoms with van der Waals surface area (Å²) < 4.78 is 0. The van der Waals surface area contributed by atoms with Gasteiger partial charge in [0.05, 0.1) is 11.6 Å². The highest BCUT2D eigenvalue weighted by atomic mass is 16.4. The van der Waals surface area contributed by atoms with Crippen LogP contribution in [0.1, 0.15) is 54.6 Å². The molecule has 2 unspecified atom stereocenters. The number of nitrogens with zero attached hydrogens (tertiary/aromatic N) is 1. The molecule has 2 aromatic rings. The minimum Gasteiger partial charge on any atom is -0.478 e. The van der Waals surface area contributed by atoms with Crippen LogP contribution in [0.25, 0.3) is 0 Å². The first-order valence-electron chi connectivity index (χ1n) is 9.02. The summed E-state index contributed by atoms with van der Waals surface area (Å²) in [6.45, 7) is 2.34. The zero-order valence-corrected chi connectivity index (χ0v) is 14.5. The molecule has 0 spiro atoms. The summed E-state index contributed by atoms with van der Waals surface area (Å²) in [5, 5.41) is 9.16. The quantitative estimate of drug-likeness (QED) is 0.816. The number of allylic oxidation sites excluding steroid dienone is 1. The van der Waals surface area contributed by atoms with Crippen molar-refractivity contribution in [3.63, 3.8) is 0 Å². The second-order valence-electron chi connectivity index (χ2n) is 7.25. The maximum atomic E-state index is 11.2.